The second kappa shape index (κ2) is 7.66. The largest absolute Gasteiger partial charge is 0.494 e. The SMILES string of the molecule is COc1cc(N2CCC(Cc3ccc(F)c(F)c3)C2=O)ccc1-n1cnc(C)c1. The number of carbonyl (C=O) groups excluding carboxylic acids is 1. The van der Waals surface area contributed by atoms with E-state index >= 15 is 0 Å². The number of imidazole rings is 1. The molecule has 1 fully saturated rings. The number of methoxy groups -OCH3 is 1. The Balaban J connectivity index is 1.54. The molecule has 0 N–H and O–H groups in total. The number of amides is 1. The van der Waals surface area contributed by atoms with Crippen molar-refractivity contribution in [1.29, 1.82) is 0 Å². The highest BCUT2D eigenvalue weighted by Gasteiger charge is 2.33. The zero-order valence-electron chi connectivity index (χ0n) is 16.2. The van der Waals surface area contributed by atoms with Gasteiger partial charge in [-0.25, -0.2) is 13.8 Å². The van der Waals surface area contributed by atoms with Crippen LogP contribution in [0.1, 0.15) is 17.7 Å². The lowest BCUT2D eigenvalue weighted by atomic mass is 9.98. The number of carbonyl (C=O) groups is 1. The van der Waals surface area contributed by atoms with E-state index in [1.165, 1.54) is 6.07 Å². The van der Waals surface area contributed by atoms with Crippen LogP contribution >= 0.6 is 0 Å². The van der Waals surface area contributed by atoms with Crippen molar-refractivity contribution < 1.29 is 18.3 Å². The average Bonchev–Trinajstić information content (AvgIpc) is 3.30. The average molecular weight is 397 g/mol. The summed E-state index contributed by atoms with van der Waals surface area (Å²) in [6, 6.07) is 9.40. The van der Waals surface area contributed by atoms with Crippen molar-refractivity contribution in [2.75, 3.05) is 18.6 Å². The zero-order valence-corrected chi connectivity index (χ0v) is 16.2. The van der Waals surface area contributed by atoms with E-state index in [0.717, 1.165) is 29.2 Å². The summed E-state index contributed by atoms with van der Waals surface area (Å²) in [4.78, 5) is 18.9. The molecule has 4 rings (SSSR count). The van der Waals surface area contributed by atoms with Crippen molar-refractivity contribution in [3.63, 3.8) is 0 Å². The third kappa shape index (κ3) is 3.72. The molecule has 1 amide bonds. The third-order valence-electron chi connectivity index (χ3n) is 5.25. The fourth-order valence-corrected chi connectivity index (χ4v) is 3.74. The smallest absolute Gasteiger partial charge is 0.230 e. The van der Waals surface area contributed by atoms with Crippen LogP contribution in [0.3, 0.4) is 0 Å². The van der Waals surface area contributed by atoms with Gasteiger partial charge in [-0.3, -0.25) is 4.79 Å². The van der Waals surface area contributed by atoms with Gasteiger partial charge in [-0.2, -0.15) is 0 Å². The van der Waals surface area contributed by atoms with Crippen LogP contribution in [0.25, 0.3) is 5.69 Å². The van der Waals surface area contributed by atoms with Crippen LogP contribution in [0.4, 0.5) is 14.5 Å². The number of hydrogen-bond acceptors (Lipinski definition) is 3. The van der Waals surface area contributed by atoms with Gasteiger partial charge in [0.1, 0.15) is 5.75 Å². The second-order valence-electron chi connectivity index (χ2n) is 7.21. The number of aryl methyl sites for hydroxylation is 1. The molecule has 2 heterocycles. The Morgan fingerprint density at radius 2 is 2.00 bits per heavy atom. The molecule has 3 aromatic rings. The first-order valence-corrected chi connectivity index (χ1v) is 9.40. The predicted octanol–water partition coefficient (Wildman–Crippen LogP) is 4.06. The Labute approximate surface area is 167 Å². The Morgan fingerprint density at radius 3 is 2.69 bits per heavy atom. The lowest BCUT2D eigenvalue weighted by molar-refractivity contribution is -0.120. The van der Waals surface area contributed by atoms with Crippen LogP contribution in [-0.4, -0.2) is 29.1 Å². The van der Waals surface area contributed by atoms with Gasteiger partial charge in [-0.05, 0) is 49.6 Å². The van der Waals surface area contributed by atoms with E-state index in [2.05, 4.69) is 4.98 Å². The van der Waals surface area contributed by atoms with E-state index in [-0.39, 0.29) is 11.8 Å². The molecule has 1 aliphatic rings. The van der Waals surface area contributed by atoms with Gasteiger partial charge in [0.25, 0.3) is 0 Å². The molecule has 2 aromatic carbocycles. The number of rotatable bonds is 5. The van der Waals surface area contributed by atoms with E-state index in [9.17, 15) is 13.6 Å². The molecule has 7 heteroatoms. The lowest BCUT2D eigenvalue weighted by Crippen LogP contribution is -2.27. The summed E-state index contributed by atoms with van der Waals surface area (Å²) >= 11 is 0. The zero-order chi connectivity index (χ0) is 20.5. The van der Waals surface area contributed by atoms with Crippen molar-refractivity contribution in [3.05, 3.63) is 71.8 Å². The molecule has 1 unspecified atom stereocenters. The van der Waals surface area contributed by atoms with Gasteiger partial charge in [-0.1, -0.05) is 6.07 Å². The molecule has 5 nitrogen and oxygen atoms in total. The maximum absolute atomic E-state index is 13.5. The molecule has 1 aliphatic heterocycles. The van der Waals surface area contributed by atoms with Crippen LogP contribution in [0, 0.1) is 24.5 Å². The summed E-state index contributed by atoms with van der Waals surface area (Å²) in [5.74, 6) is -1.42. The molecule has 1 aromatic heterocycles. The number of hydrogen-bond donors (Lipinski definition) is 0. The number of ether oxygens (including phenoxy) is 1. The van der Waals surface area contributed by atoms with Gasteiger partial charge < -0.3 is 14.2 Å². The third-order valence-corrected chi connectivity index (χ3v) is 5.25. The Kier molecular flexibility index (Phi) is 5.05. The van der Waals surface area contributed by atoms with Gasteiger partial charge in [-0.15, -0.1) is 0 Å². The van der Waals surface area contributed by atoms with Crippen molar-refractivity contribution in [2.45, 2.75) is 19.8 Å². The predicted molar refractivity (Wildman–Crippen MR) is 105 cm³/mol. The number of nitrogens with zero attached hydrogens (tertiary/aromatic N) is 3. The van der Waals surface area contributed by atoms with E-state index in [0.29, 0.717) is 30.7 Å². The highest BCUT2D eigenvalue weighted by atomic mass is 19.2. The quantitative estimate of drug-likeness (QED) is 0.652. The molecule has 0 radical (unpaired) electrons. The standard InChI is InChI=1S/C22H21F2N3O2/c1-14-12-26(13-25-14)20-6-4-17(11-21(20)29-2)27-8-7-16(22(27)28)9-15-3-5-18(23)19(24)10-15/h3-6,10-13,16H,7-9H2,1-2H3. The Morgan fingerprint density at radius 1 is 1.17 bits per heavy atom. The van der Waals surface area contributed by atoms with E-state index in [4.69, 9.17) is 4.74 Å². The summed E-state index contributed by atoms with van der Waals surface area (Å²) in [5.41, 5.74) is 3.10. The van der Waals surface area contributed by atoms with Crippen molar-refractivity contribution in [3.8, 4) is 11.4 Å². The molecule has 0 spiro atoms. The van der Waals surface area contributed by atoms with Gasteiger partial charge >= 0.3 is 0 Å². The minimum atomic E-state index is -0.889. The van der Waals surface area contributed by atoms with Crippen LogP contribution < -0.4 is 9.64 Å². The normalized spacial score (nSPS) is 16.5. The fraction of sp³-hybridized carbons (Fsp3) is 0.273. The first-order chi connectivity index (χ1) is 14.0. The highest BCUT2D eigenvalue weighted by molar-refractivity contribution is 5.97. The van der Waals surface area contributed by atoms with Gasteiger partial charge in [0.2, 0.25) is 5.91 Å². The van der Waals surface area contributed by atoms with Gasteiger partial charge in [0.05, 0.1) is 24.8 Å². The van der Waals surface area contributed by atoms with Crippen LogP contribution in [0.2, 0.25) is 0 Å². The summed E-state index contributed by atoms with van der Waals surface area (Å²) in [6.45, 7) is 2.48. The summed E-state index contributed by atoms with van der Waals surface area (Å²) in [7, 11) is 1.59. The molecule has 150 valence electrons. The maximum atomic E-state index is 13.5. The molecular formula is C22H21F2N3O2. The second-order valence-corrected chi connectivity index (χ2v) is 7.21. The summed E-state index contributed by atoms with van der Waals surface area (Å²) in [6.07, 6.45) is 4.65. The molecule has 29 heavy (non-hydrogen) atoms. The minimum Gasteiger partial charge on any atom is -0.494 e. The number of benzene rings is 2. The monoisotopic (exact) mass is 397 g/mol. The summed E-state index contributed by atoms with van der Waals surface area (Å²) in [5, 5.41) is 0. The van der Waals surface area contributed by atoms with E-state index < -0.39 is 11.6 Å². The number of anilines is 1. The molecule has 0 aliphatic carbocycles. The van der Waals surface area contributed by atoms with E-state index in [1.54, 1.807) is 18.3 Å². The first-order valence-electron chi connectivity index (χ1n) is 9.40. The summed E-state index contributed by atoms with van der Waals surface area (Å²) < 4.78 is 34.0. The molecule has 0 bridgehead atoms. The Bertz CT molecular complexity index is 1060. The van der Waals surface area contributed by atoms with Crippen molar-refractivity contribution in [2.24, 2.45) is 5.92 Å². The van der Waals surface area contributed by atoms with Gasteiger partial charge in [0.15, 0.2) is 11.6 Å². The number of aromatic nitrogens is 2. The lowest BCUT2D eigenvalue weighted by Gasteiger charge is -2.19. The number of halogens is 2. The molecule has 1 saturated heterocycles. The fourth-order valence-electron chi connectivity index (χ4n) is 3.74. The topological polar surface area (TPSA) is 47.4 Å². The van der Waals surface area contributed by atoms with Crippen LogP contribution in [-0.2, 0) is 11.2 Å². The van der Waals surface area contributed by atoms with Gasteiger partial charge in [0, 0.05) is 30.4 Å². The van der Waals surface area contributed by atoms with Crippen LogP contribution in [0.15, 0.2) is 48.9 Å². The van der Waals surface area contributed by atoms with Crippen LogP contribution in [0.5, 0.6) is 5.75 Å². The highest BCUT2D eigenvalue weighted by Crippen LogP contribution is 2.33. The van der Waals surface area contributed by atoms with Crippen molar-refractivity contribution in [1.82, 2.24) is 9.55 Å². The molecule has 1 atom stereocenters. The minimum absolute atomic E-state index is 0.0250. The van der Waals surface area contributed by atoms with Crippen molar-refractivity contribution >= 4 is 11.6 Å². The molecular weight excluding hydrogens is 376 g/mol. The Hall–Kier alpha value is -3.22. The molecule has 0 saturated carbocycles. The maximum Gasteiger partial charge on any atom is 0.230 e. The first kappa shape index (κ1) is 19.1. The van der Waals surface area contributed by atoms with E-state index in [1.807, 2.05) is 35.9 Å².